The minimum atomic E-state index is -0.778. The lowest BCUT2D eigenvalue weighted by molar-refractivity contribution is -0.167. The molecule has 0 aromatic carbocycles. The first-order valence-electron chi connectivity index (χ1n) is 36.3. The summed E-state index contributed by atoms with van der Waals surface area (Å²) in [6.07, 6.45) is 91.1. The predicted molar refractivity (Wildman–Crippen MR) is 358 cm³/mol. The lowest BCUT2D eigenvalue weighted by atomic mass is 10.0. The summed E-state index contributed by atoms with van der Waals surface area (Å²) >= 11 is 0. The molecule has 0 aliphatic rings. The molecule has 0 fully saturated rings. The van der Waals surface area contributed by atoms with Crippen molar-refractivity contribution >= 4 is 17.9 Å². The molecule has 0 bridgehead atoms. The zero-order valence-corrected chi connectivity index (χ0v) is 55.0. The van der Waals surface area contributed by atoms with Crippen molar-refractivity contribution < 1.29 is 28.6 Å². The van der Waals surface area contributed by atoms with E-state index in [1.54, 1.807) is 0 Å². The van der Waals surface area contributed by atoms with Crippen LogP contribution in [0.3, 0.4) is 0 Å². The van der Waals surface area contributed by atoms with Crippen LogP contribution in [0, 0.1) is 0 Å². The maximum atomic E-state index is 13.0. The highest BCUT2D eigenvalue weighted by atomic mass is 16.6. The summed E-state index contributed by atoms with van der Waals surface area (Å²) in [5.41, 5.74) is 0. The Labute approximate surface area is 510 Å². The number of hydrogen-bond donors (Lipinski definition) is 0. The molecule has 82 heavy (non-hydrogen) atoms. The van der Waals surface area contributed by atoms with Crippen LogP contribution in [0.5, 0.6) is 0 Å². The van der Waals surface area contributed by atoms with E-state index in [2.05, 4.69) is 81.5 Å². The van der Waals surface area contributed by atoms with Gasteiger partial charge in [0.15, 0.2) is 6.10 Å². The van der Waals surface area contributed by atoms with E-state index >= 15 is 0 Å². The zero-order chi connectivity index (χ0) is 59.2. The van der Waals surface area contributed by atoms with Gasteiger partial charge in [-0.25, -0.2) is 0 Å². The molecular formula is C76H138O6. The van der Waals surface area contributed by atoms with Gasteiger partial charge in [-0.1, -0.05) is 345 Å². The highest BCUT2D eigenvalue weighted by molar-refractivity contribution is 5.71. The van der Waals surface area contributed by atoms with Crippen molar-refractivity contribution in [3.05, 3.63) is 60.8 Å². The van der Waals surface area contributed by atoms with Gasteiger partial charge >= 0.3 is 17.9 Å². The van der Waals surface area contributed by atoms with Crippen molar-refractivity contribution in [2.75, 3.05) is 13.2 Å². The van der Waals surface area contributed by atoms with Crippen LogP contribution < -0.4 is 0 Å². The van der Waals surface area contributed by atoms with Crippen LogP contribution >= 0.6 is 0 Å². The molecule has 0 aliphatic heterocycles. The van der Waals surface area contributed by atoms with E-state index < -0.39 is 6.10 Å². The lowest BCUT2D eigenvalue weighted by Crippen LogP contribution is -2.30. The van der Waals surface area contributed by atoms with Crippen LogP contribution in [0.15, 0.2) is 60.8 Å². The van der Waals surface area contributed by atoms with Crippen LogP contribution in [0.2, 0.25) is 0 Å². The fourth-order valence-corrected chi connectivity index (χ4v) is 10.8. The van der Waals surface area contributed by atoms with E-state index in [9.17, 15) is 14.4 Å². The fourth-order valence-electron chi connectivity index (χ4n) is 10.8. The average molecular weight is 1150 g/mol. The topological polar surface area (TPSA) is 78.9 Å². The SMILES string of the molecule is CC/C=C\C/C=C\C/C=C\C/C=C\CCCCCCCCCCC(=O)OC(COC(=O)CCCCCCCCCCCCCCCC)COC(=O)CCCCCCCCCCCCCCCCCCC/C=C\CCCCCCCCCC. The van der Waals surface area contributed by atoms with Gasteiger partial charge in [-0.05, 0) is 83.5 Å². The molecule has 0 aromatic heterocycles. The van der Waals surface area contributed by atoms with E-state index in [0.29, 0.717) is 19.3 Å². The quantitative estimate of drug-likeness (QED) is 0.0261. The van der Waals surface area contributed by atoms with E-state index in [1.165, 1.54) is 257 Å². The molecule has 0 spiro atoms. The molecule has 1 atom stereocenters. The first-order chi connectivity index (χ1) is 40.5. The Kier molecular flexibility index (Phi) is 68.1. The third kappa shape index (κ3) is 67.9. The monoisotopic (exact) mass is 1150 g/mol. The van der Waals surface area contributed by atoms with Crippen LogP contribution in [0.4, 0.5) is 0 Å². The number of rotatable bonds is 67. The van der Waals surface area contributed by atoms with Gasteiger partial charge in [0.05, 0.1) is 0 Å². The zero-order valence-electron chi connectivity index (χ0n) is 55.0. The second-order valence-electron chi connectivity index (χ2n) is 24.5. The van der Waals surface area contributed by atoms with Crippen LogP contribution in [-0.4, -0.2) is 37.2 Å². The minimum absolute atomic E-state index is 0.0726. The summed E-state index contributed by atoms with van der Waals surface area (Å²) in [6.45, 7) is 6.59. The molecule has 0 heterocycles. The molecule has 0 saturated heterocycles. The summed E-state index contributed by atoms with van der Waals surface area (Å²) < 4.78 is 17.0. The van der Waals surface area contributed by atoms with Gasteiger partial charge in [0.2, 0.25) is 0 Å². The van der Waals surface area contributed by atoms with E-state index in [-0.39, 0.29) is 31.1 Å². The third-order valence-electron chi connectivity index (χ3n) is 16.3. The maximum Gasteiger partial charge on any atom is 0.306 e. The van der Waals surface area contributed by atoms with E-state index in [0.717, 1.165) is 89.9 Å². The lowest BCUT2D eigenvalue weighted by Gasteiger charge is -2.18. The van der Waals surface area contributed by atoms with E-state index in [4.69, 9.17) is 14.2 Å². The number of hydrogen-bond acceptors (Lipinski definition) is 6. The summed E-state index contributed by atoms with van der Waals surface area (Å²) in [7, 11) is 0. The Balaban J connectivity index is 4.23. The van der Waals surface area contributed by atoms with Crippen molar-refractivity contribution in [3.8, 4) is 0 Å². The molecule has 1 unspecified atom stereocenters. The smallest absolute Gasteiger partial charge is 0.306 e. The first-order valence-corrected chi connectivity index (χ1v) is 36.3. The molecule has 6 nitrogen and oxygen atoms in total. The van der Waals surface area contributed by atoms with Crippen molar-refractivity contribution in [2.45, 2.75) is 393 Å². The Morgan fingerprint density at radius 1 is 0.256 bits per heavy atom. The van der Waals surface area contributed by atoms with Crippen LogP contribution in [0.1, 0.15) is 387 Å². The molecule has 478 valence electrons. The van der Waals surface area contributed by atoms with Gasteiger partial charge in [-0.3, -0.25) is 14.4 Å². The van der Waals surface area contributed by atoms with Gasteiger partial charge in [-0.2, -0.15) is 0 Å². The largest absolute Gasteiger partial charge is 0.462 e. The highest BCUT2D eigenvalue weighted by Gasteiger charge is 2.19. The summed E-state index contributed by atoms with van der Waals surface area (Å²) in [6, 6.07) is 0. The molecule has 6 heteroatoms. The second kappa shape index (κ2) is 70.6. The number of allylic oxidation sites excluding steroid dienone is 10. The molecule has 0 amide bonds. The van der Waals surface area contributed by atoms with Gasteiger partial charge in [0, 0.05) is 19.3 Å². The van der Waals surface area contributed by atoms with Crippen molar-refractivity contribution in [2.24, 2.45) is 0 Å². The minimum Gasteiger partial charge on any atom is -0.462 e. The Morgan fingerprint density at radius 3 is 0.756 bits per heavy atom. The molecule has 0 N–H and O–H groups in total. The van der Waals surface area contributed by atoms with Crippen LogP contribution in [0.25, 0.3) is 0 Å². The molecule has 0 rings (SSSR count). The number of carbonyl (C=O) groups is 3. The fraction of sp³-hybridized carbons (Fsp3) is 0.829. The Morgan fingerprint density at radius 2 is 0.476 bits per heavy atom. The maximum absolute atomic E-state index is 13.0. The van der Waals surface area contributed by atoms with Crippen molar-refractivity contribution in [1.82, 2.24) is 0 Å². The molecule has 0 saturated carbocycles. The van der Waals surface area contributed by atoms with Crippen LogP contribution in [-0.2, 0) is 28.6 Å². The number of esters is 3. The standard InChI is InChI=1S/C76H138O6/c1-4-7-10-13-16-19-22-25-28-30-32-34-35-36-37-38-39-40-41-43-44-46-48-51-54-57-60-63-66-69-75(78)81-72-73(71-80-74(77)68-65-62-59-56-53-50-27-24-21-18-15-12-9-6-3)82-76(79)70-67-64-61-58-55-52-49-47-45-42-33-31-29-26-23-20-17-14-11-8-5-2/h8,11,17,20,26,29-30,32-33,42,73H,4-7,9-10,12-16,18-19,21-25,27-28,31,34-41,43-72H2,1-3H3/b11-8-,20-17-,29-26-,32-30-,42-33-. The number of carbonyl (C=O) groups excluding carboxylic acids is 3. The first kappa shape index (κ1) is 79.1. The number of ether oxygens (including phenoxy) is 3. The van der Waals surface area contributed by atoms with Gasteiger partial charge < -0.3 is 14.2 Å². The number of unbranched alkanes of at least 4 members (excludes halogenated alkanes) is 46. The van der Waals surface area contributed by atoms with E-state index in [1.807, 2.05) is 0 Å². The van der Waals surface area contributed by atoms with Crippen molar-refractivity contribution in [3.63, 3.8) is 0 Å². The summed E-state index contributed by atoms with van der Waals surface area (Å²) in [5, 5.41) is 0. The third-order valence-corrected chi connectivity index (χ3v) is 16.3. The van der Waals surface area contributed by atoms with Gasteiger partial charge in [0.25, 0.3) is 0 Å². The average Bonchev–Trinajstić information content (AvgIpc) is 3.47. The molecular weight excluding hydrogens is 1010 g/mol. The summed E-state index contributed by atoms with van der Waals surface area (Å²) in [4.78, 5) is 38.5. The van der Waals surface area contributed by atoms with Crippen molar-refractivity contribution in [1.29, 1.82) is 0 Å². The molecule has 0 aromatic rings. The Bertz CT molecular complexity index is 1460. The predicted octanol–water partition coefficient (Wildman–Crippen LogP) is 25.1. The highest BCUT2D eigenvalue weighted by Crippen LogP contribution is 2.18. The molecule has 0 aliphatic carbocycles. The van der Waals surface area contributed by atoms with Gasteiger partial charge in [-0.15, -0.1) is 0 Å². The Hall–Kier alpha value is -2.89. The second-order valence-corrected chi connectivity index (χ2v) is 24.5. The van der Waals surface area contributed by atoms with Gasteiger partial charge in [0.1, 0.15) is 13.2 Å². The normalized spacial score (nSPS) is 12.4. The molecule has 0 radical (unpaired) electrons. The summed E-state index contributed by atoms with van der Waals surface area (Å²) in [5.74, 6) is -0.855.